The molecule has 0 aliphatic rings. The molecule has 1 aromatic heterocycles. The van der Waals surface area contributed by atoms with Crippen molar-refractivity contribution in [2.24, 2.45) is 0 Å². The topological polar surface area (TPSA) is 35.0 Å². The molecule has 0 saturated heterocycles. The summed E-state index contributed by atoms with van der Waals surface area (Å²) in [5, 5.41) is -0.0308. The van der Waals surface area contributed by atoms with Gasteiger partial charge in [0.05, 0.1) is 12.8 Å². The first-order valence-electron chi connectivity index (χ1n) is 4.05. The zero-order valence-corrected chi connectivity index (χ0v) is 8.51. The standard InChI is InChI=1S/C9H10ClFN2O/c1-6(2)3-4-14-8-7(11)5-12-9(10)13-8/h5H,1,3-4H2,2H3. The van der Waals surface area contributed by atoms with Gasteiger partial charge in [-0.1, -0.05) is 5.57 Å². The Morgan fingerprint density at radius 3 is 3.07 bits per heavy atom. The van der Waals surface area contributed by atoms with Crippen molar-refractivity contribution in [2.45, 2.75) is 13.3 Å². The normalized spacial score (nSPS) is 9.93. The van der Waals surface area contributed by atoms with Crippen LogP contribution in [0.15, 0.2) is 18.3 Å². The molecule has 3 nitrogen and oxygen atoms in total. The van der Waals surface area contributed by atoms with E-state index in [1.807, 2.05) is 6.92 Å². The van der Waals surface area contributed by atoms with Crippen molar-refractivity contribution >= 4 is 11.6 Å². The van der Waals surface area contributed by atoms with Gasteiger partial charge in [-0.3, -0.25) is 0 Å². The largest absolute Gasteiger partial charge is 0.475 e. The van der Waals surface area contributed by atoms with Gasteiger partial charge >= 0.3 is 0 Å². The second kappa shape index (κ2) is 4.91. The highest BCUT2D eigenvalue weighted by Gasteiger charge is 2.06. The highest BCUT2D eigenvalue weighted by atomic mass is 35.5. The molecule has 1 heterocycles. The van der Waals surface area contributed by atoms with E-state index in [1.165, 1.54) is 0 Å². The van der Waals surface area contributed by atoms with Crippen molar-refractivity contribution in [3.63, 3.8) is 0 Å². The average Bonchev–Trinajstić information content (AvgIpc) is 2.10. The third kappa shape index (κ3) is 3.30. The monoisotopic (exact) mass is 216 g/mol. The number of hydrogen-bond acceptors (Lipinski definition) is 3. The van der Waals surface area contributed by atoms with Gasteiger partial charge in [-0.2, -0.15) is 9.37 Å². The van der Waals surface area contributed by atoms with Gasteiger partial charge in [-0.25, -0.2) is 4.98 Å². The Labute approximate surface area is 86.6 Å². The molecule has 0 radical (unpaired) electrons. The molecule has 0 unspecified atom stereocenters. The lowest BCUT2D eigenvalue weighted by Crippen LogP contribution is -2.02. The van der Waals surface area contributed by atoms with Gasteiger partial charge in [-0.15, -0.1) is 6.58 Å². The van der Waals surface area contributed by atoms with Crippen LogP contribution in [0.4, 0.5) is 4.39 Å². The Balaban J connectivity index is 2.57. The van der Waals surface area contributed by atoms with Crippen molar-refractivity contribution < 1.29 is 9.13 Å². The summed E-state index contributed by atoms with van der Waals surface area (Å²) < 4.78 is 18.0. The van der Waals surface area contributed by atoms with E-state index in [4.69, 9.17) is 16.3 Å². The maximum atomic E-state index is 13.0. The number of hydrogen-bond donors (Lipinski definition) is 0. The molecule has 0 fully saturated rings. The molecule has 0 aliphatic carbocycles. The van der Waals surface area contributed by atoms with Crippen LogP contribution in [0, 0.1) is 5.82 Å². The summed E-state index contributed by atoms with van der Waals surface area (Å²) in [5.41, 5.74) is 0.963. The fraction of sp³-hybridized carbons (Fsp3) is 0.333. The third-order valence-corrected chi connectivity index (χ3v) is 1.63. The van der Waals surface area contributed by atoms with Crippen LogP contribution in [-0.2, 0) is 0 Å². The molecule has 0 aliphatic heterocycles. The smallest absolute Gasteiger partial charge is 0.254 e. The Morgan fingerprint density at radius 2 is 2.43 bits per heavy atom. The average molecular weight is 217 g/mol. The van der Waals surface area contributed by atoms with Crippen LogP contribution < -0.4 is 4.74 Å². The van der Waals surface area contributed by atoms with Crippen molar-refractivity contribution in [3.05, 3.63) is 29.4 Å². The molecule has 0 aromatic carbocycles. The lowest BCUT2D eigenvalue weighted by molar-refractivity contribution is 0.291. The van der Waals surface area contributed by atoms with Crippen LogP contribution in [-0.4, -0.2) is 16.6 Å². The summed E-state index contributed by atoms with van der Waals surface area (Å²) in [5.74, 6) is -0.734. The van der Waals surface area contributed by atoms with Gasteiger partial charge in [0.1, 0.15) is 0 Å². The predicted molar refractivity (Wildman–Crippen MR) is 51.9 cm³/mol. The molecule has 76 valence electrons. The first-order chi connectivity index (χ1) is 6.59. The molecule has 0 N–H and O–H groups in total. The van der Waals surface area contributed by atoms with Gasteiger partial charge in [0.25, 0.3) is 5.88 Å². The Morgan fingerprint density at radius 1 is 1.71 bits per heavy atom. The van der Waals surface area contributed by atoms with Gasteiger partial charge in [-0.05, 0) is 18.5 Å². The highest BCUT2D eigenvalue weighted by Crippen LogP contribution is 2.14. The molecule has 0 spiro atoms. The number of aromatic nitrogens is 2. The summed E-state index contributed by atoms with van der Waals surface area (Å²) in [6, 6.07) is 0. The van der Waals surface area contributed by atoms with Gasteiger partial charge in [0.2, 0.25) is 11.1 Å². The fourth-order valence-electron chi connectivity index (χ4n) is 0.754. The molecule has 1 aromatic rings. The second-order valence-electron chi connectivity index (χ2n) is 2.85. The number of halogens is 2. The van der Waals surface area contributed by atoms with E-state index in [0.717, 1.165) is 11.8 Å². The van der Waals surface area contributed by atoms with Crippen molar-refractivity contribution in [3.8, 4) is 5.88 Å². The maximum Gasteiger partial charge on any atom is 0.254 e. The van der Waals surface area contributed by atoms with E-state index in [0.29, 0.717) is 13.0 Å². The molecular weight excluding hydrogens is 207 g/mol. The number of nitrogens with zero attached hydrogens (tertiary/aromatic N) is 2. The van der Waals surface area contributed by atoms with Crippen LogP contribution in [0.5, 0.6) is 5.88 Å². The number of rotatable bonds is 4. The third-order valence-electron chi connectivity index (χ3n) is 1.45. The molecule has 0 saturated carbocycles. The van der Waals surface area contributed by atoms with Crippen LogP contribution >= 0.6 is 11.6 Å². The maximum absolute atomic E-state index is 13.0. The predicted octanol–water partition coefficient (Wildman–Crippen LogP) is 2.61. The van der Waals surface area contributed by atoms with Crippen LogP contribution in [0.3, 0.4) is 0 Å². The molecule has 0 amide bonds. The van der Waals surface area contributed by atoms with E-state index in [2.05, 4.69) is 16.5 Å². The molecule has 14 heavy (non-hydrogen) atoms. The van der Waals surface area contributed by atoms with Gasteiger partial charge in [0.15, 0.2) is 0 Å². The highest BCUT2D eigenvalue weighted by molar-refractivity contribution is 6.28. The lowest BCUT2D eigenvalue weighted by Gasteiger charge is -2.05. The molecule has 5 heteroatoms. The first-order valence-corrected chi connectivity index (χ1v) is 4.42. The summed E-state index contributed by atoms with van der Waals surface area (Å²) in [6.45, 7) is 5.89. The van der Waals surface area contributed by atoms with Crippen LogP contribution in [0.1, 0.15) is 13.3 Å². The Hall–Kier alpha value is -1.16. The minimum atomic E-state index is -0.615. The van der Waals surface area contributed by atoms with E-state index >= 15 is 0 Å². The van der Waals surface area contributed by atoms with Crippen molar-refractivity contribution in [1.29, 1.82) is 0 Å². The molecule has 1 rings (SSSR count). The summed E-state index contributed by atoms with van der Waals surface area (Å²) >= 11 is 5.47. The van der Waals surface area contributed by atoms with E-state index in [-0.39, 0.29) is 11.2 Å². The zero-order chi connectivity index (χ0) is 10.6. The van der Waals surface area contributed by atoms with Crippen molar-refractivity contribution in [1.82, 2.24) is 9.97 Å². The van der Waals surface area contributed by atoms with E-state index < -0.39 is 5.82 Å². The second-order valence-corrected chi connectivity index (χ2v) is 3.19. The zero-order valence-electron chi connectivity index (χ0n) is 7.76. The Bertz CT molecular complexity index is 344. The minimum absolute atomic E-state index is 0.0308. The number of ether oxygens (including phenoxy) is 1. The van der Waals surface area contributed by atoms with Crippen molar-refractivity contribution in [2.75, 3.05) is 6.61 Å². The summed E-state index contributed by atoms with van der Waals surface area (Å²) in [7, 11) is 0. The SMILES string of the molecule is C=C(C)CCOc1nc(Cl)ncc1F. The molecular formula is C9H10ClFN2O. The molecule has 0 atom stereocenters. The molecule has 0 bridgehead atoms. The van der Waals surface area contributed by atoms with E-state index in [9.17, 15) is 4.39 Å². The fourth-order valence-corrected chi connectivity index (χ4v) is 0.880. The lowest BCUT2D eigenvalue weighted by atomic mass is 10.3. The van der Waals surface area contributed by atoms with Crippen LogP contribution in [0.2, 0.25) is 5.28 Å². The minimum Gasteiger partial charge on any atom is -0.475 e. The first kappa shape index (κ1) is 10.9. The van der Waals surface area contributed by atoms with Crippen LogP contribution in [0.25, 0.3) is 0 Å². The summed E-state index contributed by atoms with van der Waals surface area (Å²) in [4.78, 5) is 7.06. The summed E-state index contributed by atoms with van der Waals surface area (Å²) in [6.07, 6.45) is 1.63. The Kier molecular flexibility index (Phi) is 3.83. The van der Waals surface area contributed by atoms with E-state index in [1.54, 1.807) is 0 Å². The van der Waals surface area contributed by atoms with Gasteiger partial charge < -0.3 is 4.74 Å². The van der Waals surface area contributed by atoms with Gasteiger partial charge in [0, 0.05) is 6.42 Å². The quantitative estimate of drug-likeness (QED) is 0.573.